The summed E-state index contributed by atoms with van der Waals surface area (Å²) in [5.74, 6) is 0. The van der Waals surface area contributed by atoms with Gasteiger partial charge >= 0.3 is 0 Å². The Hall–Kier alpha value is -0.470. The number of hydrogen-bond acceptors (Lipinski definition) is 2. The van der Waals surface area contributed by atoms with E-state index in [4.69, 9.17) is 0 Å². The number of hydrogen-bond donors (Lipinski definition) is 1. The molecule has 1 nitrogen and oxygen atoms in total. The lowest BCUT2D eigenvalue weighted by Crippen LogP contribution is -2.32. The maximum atomic E-state index is 3.42. The Morgan fingerprint density at radius 3 is 2.81 bits per heavy atom. The Labute approximate surface area is 103 Å². The molecule has 0 radical (unpaired) electrons. The van der Waals surface area contributed by atoms with E-state index >= 15 is 0 Å². The summed E-state index contributed by atoms with van der Waals surface area (Å²) in [7, 11) is 2.09. The van der Waals surface area contributed by atoms with E-state index in [2.05, 4.69) is 55.3 Å². The van der Waals surface area contributed by atoms with Crippen molar-refractivity contribution in [3.05, 3.63) is 29.8 Å². The summed E-state index contributed by atoms with van der Waals surface area (Å²) in [6.07, 6.45) is 5.41. The number of thioether (sulfide) groups is 1. The number of aryl methyl sites for hydroxylation is 1. The van der Waals surface area contributed by atoms with Gasteiger partial charge in [0.25, 0.3) is 0 Å². The molecule has 0 aliphatic heterocycles. The Balaban J connectivity index is 1.97. The highest BCUT2D eigenvalue weighted by Crippen LogP contribution is 2.34. The van der Waals surface area contributed by atoms with Crippen molar-refractivity contribution in [3.63, 3.8) is 0 Å². The van der Waals surface area contributed by atoms with Crippen LogP contribution >= 0.6 is 11.8 Å². The van der Waals surface area contributed by atoms with Gasteiger partial charge in [-0.3, -0.25) is 0 Å². The van der Waals surface area contributed by atoms with Gasteiger partial charge in [0.1, 0.15) is 0 Å². The molecule has 16 heavy (non-hydrogen) atoms. The zero-order valence-corrected chi connectivity index (χ0v) is 11.0. The molecule has 1 aliphatic rings. The summed E-state index contributed by atoms with van der Waals surface area (Å²) >= 11 is 2.07. The van der Waals surface area contributed by atoms with Crippen LogP contribution < -0.4 is 5.32 Å². The minimum atomic E-state index is 0.732. The molecule has 1 aromatic rings. The van der Waals surface area contributed by atoms with Gasteiger partial charge in [-0.05, 0) is 44.9 Å². The lowest BCUT2D eigenvalue weighted by atomic mass is 9.95. The van der Waals surface area contributed by atoms with Crippen molar-refractivity contribution >= 4 is 11.8 Å². The molecule has 1 fully saturated rings. The van der Waals surface area contributed by atoms with E-state index in [1.165, 1.54) is 36.1 Å². The van der Waals surface area contributed by atoms with Gasteiger partial charge in [0.05, 0.1) is 0 Å². The molecule has 88 valence electrons. The first-order chi connectivity index (χ1) is 7.79. The highest BCUT2D eigenvalue weighted by atomic mass is 32.2. The highest BCUT2D eigenvalue weighted by Gasteiger charge is 2.21. The molecule has 0 spiro atoms. The van der Waals surface area contributed by atoms with Gasteiger partial charge in [-0.15, -0.1) is 11.8 Å². The summed E-state index contributed by atoms with van der Waals surface area (Å²) in [4.78, 5) is 1.46. The highest BCUT2D eigenvalue weighted by molar-refractivity contribution is 8.00. The first-order valence-corrected chi connectivity index (χ1v) is 7.07. The third kappa shape index (κ3) is 3.02. The van der Waals surface area contributed by atoms with E-state index in [0.717, 1.165) is 11.3 Å². The fourth-order valence-corrected chi connectivity index (χ4v) is 3.77. The van der Waals surface area contributed by atoms with Crippen molar-refractivity contribution in [2.75, 3.05) is 7.05 Å². The molecule has 0 aromatic heterocycles. The second kappa shape index (κ2) is 5.74. The Kier molecular flexibility index (Phi) is 4.30. The standard InChI is InChI=1S/C14H21NS/c1-11-6-3-4-9-14(11)16-13-8-5-7-12(10-13)15-2/h3-4,6,9,12-13,15H,5,7-8,10H2,1-2H3. The van der Waals surface area contributed by atoms with Crippen LogP contribution in [0, 0.1) is 6.92 Å². The zero-order valence-electron chi connectivity index (χ0n) is 10.2. The summed E-state index contributed by atoms with van der Waals surface area (Å²) < 4.78 is 0. The summed E-state index contributed by atoms with van der Waals surface area (Å²) in [5.41, 5.74) is 1.42. The third-order valence-electron chi connectivity index (χ3n) is 3.42. The monoisotopic (exact) mass is 235 g/mol. The van der Waals surface area contributed by atoms with Crippen LogP contribution in [0.15, 0.2) is 29.2 Å². The molecule has 0 heterocycles. The first kappa shape index (κ1) is 12.0. The Morgan fingerprint density at radius 2 is 2.06 bits per heavy atom. The van der Waals surface area contributed by atoms with Crippen molar-refractivity contribution in [1.82, 2.24) is 5.32 Å². The fourth-order valence-electron chi connectivity index (χ4n) is 2.38. The Bertz CT molecular complexity index is 337. The maximum Gasteiger partial charge on any atom is 0.0109 e. The zero-order chi connectivity index (χ0) is 11.4. The van der Waals surface area contributed by atoms with Gasteiger partial charge in [-0.1, -0.05) is 24.6 Å². The largest absolute Gasteiger partial charge is 0.317 e. The third-order valence-corrected chi connectivity index (χ3v) is 4.90. The average Bonchev–Trinajstić information content (AvgIpc) is 2.32. The second-order valence-electron chi connectivity index (χ2n) is 4.66. The van der Waals surface area contributed by atoms with Crippen LogP contribution in [0.2, 0.25) is 0 Å². The lowest BCUT2D eigenvalue weighted by molar-refractivity contribution is 0.402. The van der Waals surface area contributed by atoms with E-state index in [9.17, 15) is 0 Å². The number of benzene rings is 1. The molecule has 0 amide bonds. The predicted molar refractivity (Wildman–Crippen MR) is 72.1 cm³/mol. The average molecular weight is 235 g/mol. The van der Waals surface area contributed by atoms with Crippen molar-refractivity contribution < 1.29 is 0 Å². The van der Waals surface area contributed by atoms with Crippen LogP contribution in [-0.2, 0) is 0 Å². The molecule has 2 heteroatoms. The Morgan fingerprint density at radius 1 is 1.25 bits per heavy atom. The van der Waals surface area contributed by atoms with Crippen molar-refractivity contribution in [2.24, 2.45) is 0 Å². The number of nitrogens with one attached hydrogen (secondary N) is 1. The minimum absolute atomic E-state index is 0.732. The lowest BCUT2D eigenvalue weighted by Gasteiger charge is -2.28. The SMILES string of the molecule is CNC1CCCC(Sc2ccccc2C)C1. The molecule has 2 atom stereocenters. The molecular weight excluding hydrogens is 214 g/mol. The van der Waals surface area contributed by atoms with Gasteiger partial charge in [0.2, 0.25) is 0 Å². The van der Waals surface area contributed by atoms with E-state index in [-0.39, 0.29) is 0 Å². The second-order valence-corrected chi connectivity index (χ2v) is 6.00. The summed E-state index contributed by atoms with van der Waals surface area (Å²) in [6, 6.07) is 9.46. The quantitative estimate of drug-likeness (QED) is 0.859. The van der Waals surface area contributed by atoms with Crippen LogP contribution in [0.5, 0.6) is 0 Å². The van der Waals surface area contributed by atoms with E-state index in [0.29, 0.717) is 0 Å². The van der Waals surface area contributed by atoms with E-state index in [1.54, 1.807) is 0 Å². The van der Waals surface area contributed by atoms with Crippen molar-refractivity contribution in [3.8, 4) is 0 Å². The van der Waals surface area contributed by atoms with Gasteiger partial charge in [0.15, 0.2) is 0 Å². The molecule has 0 bridgehead atoms. The summed E-state index contributed by atoms with van der Waals surface area (Å²) in [5, 5.41) is 4.22. The minimum Gasteiger partial charge on any atom is -0.317 e. The topological polar surface area (TPSA) is 12.0 Å². The smallest absolute Gasteiger partial charge is 0.0109 e. The van der Waals surface area contributed by atoms with Crippen LogP contribution in [0.1, 0.15) is 31.2 Å². The predicted octanol–water partition coefficient (Wildman–Crippen LogP) is 3.62. The van der Waals surface area contributed by atoms with Crippen LogP contribution in [0.25, 0.3) is 0 Å². The molecule has 1 N–H and O–H groups in total. The van der Waals surface area contributed by atoms with Crippen LogP contribution in [0.3, 0.4) is 0 Å². The van der Waals surface area contributed by atoms with Gasteiger partial charge in [0, 0.05) is 16.2 Å². The maximum absolute atomic E-state index is 3.42. The molecule has 1 saturated carbocycles. The molecule has 1 aliphatic carbocycles. The molecule has 2 unspecified atom stereocenters. The number of rotatable bonds is 3. The summed E-state index contributed by atoms with van der Waals surface area (Å²) in [6.45, 7) is 2.21. The molecular formula is C14H21NS. The van der Waals surface area contributed by atoms with Gasteiger partial charge in [-0.2, -0.15) is 0 Å². The van der Waals surface area contributed by atoms with Crippen LogP contribution in [-0.4, -0.2) is 18.3 Å². The van der Waals surface area contributed by atoms with Gasteiger partial charge in [-0.25, -0.2) is 0 Å². The van der Waals surface area contributed by atoms with E-state index in [1.807, 2.05) is 0 Å². The van der Waals surface area contributed by atoms with Crippen LogP contribution in [0.4, 0.5) is 0 Å². The molecule has 1 aromatic carbocycles. The first-order valence-electron chi connectivity index (χ1n) is 6.19. The van der Waals surface area contributed by atoms with Crippen molar-refractivity contribution in [1.29, 1.82) is 0 Å². The fraction of sp³-hybridized carbons (Fsp3) is 0.571. The van der Waals surface area contributed by atoms with Crippen molar-refractivity contribution in [2.45, 2.75) is 48.8 Å². The molecule has 0 saturated heterocycles. The molecule has 2 rings (SSSR count). The van der Waals surface area contributed by atoms with Gasteiger partial charge < -0.3 is 5.32 Å². The van der Waals surface area contributed by atoms with E-state index < -0.39 is 0 Å². The normalized spacial score (nSPS) is 25.6.